The number of hydrogen-bond acceptors (Lipinski definition) is 1. The van der Waals surface area contributed by atoms with E-state index in [1.54, 1.807) is 5.56 Å². The molecule has 294 valence electrons. The molecule has 1 aromatic heterocycles. The first-order valence-corrected chi connectivity index (χ1v) is 22.5. The van der Waals surface area contributed by atoms with Gasteiger partial charge < -0.3 is 9.47 Å². The van der Waals surface area contributed by atoms with E-state index in [1.807, 2.05) is 0 Å². The van der Waals surface area contributed by atoms with Crippen molar-refractivity contribution in [3.8, 4) is 39.1 Å². The normalized spacial score (nSPS) is 23.3. The molecule has 1 heterocycles. The van der Waals surface area contributed by atoms with E-state index >= 15 is 0 Å². The van der Waals surface area contributed by atoms with Gasteiger partial charge in [0, 0.05) is 33.5 Å². The average molecular weight is 785 g/mol. The molecule has 4 saturated carbocycles. The Balaban J connectivity index is 0.807. The van der Waals surface area contributed by atoms with Crippen molar-refractivity contribution in [3.05, 3.63) is 206 Å². The van der Waals surface area contributed by atoms with Crippen LogP contribution in [0.4, 0.5) is 17.1 Å². The molecular formula is C59H48N2. The highest BCUT2D eigenvalue weighted by Crippen LogP contribution is 2.79. The van der Waals surface area contributed by atoms with Gasteiger partial charge in [-0.25, -0.2) is 0 Å². The number of para-hydroxylation sites is 2. The molecular weight excluding hydrogens is 737 g/mol. The summed E-state index contributed by atoms with van der Waals surface area (Å²) in [4.78, 5) is 2.44. The SMILES string of the molecule is c1ccc(-c2ccc(N(c3ccc(-c4ccc(-c5cccc(-n6c7ccccc7c7ccccc76)c5)cc4)cc3)c3ccc(C45C[C@@H]6CC7C[C@@H](C4)[C@@]7(C6)C5)cc3)cc2)cc1. The summed E-state index contributed by atoms with van der Waals surface area (Å²) in [6, 6.07) is 74.2. The summed E-state index contributed by atoms with van der Waals surface area (Å²) >= 11 is 0. The van der Waals surface area contributed by atoms with Crippen LogP contribution in [0.2, 0.25) is 0 Å². The van der Waals surface area contributed by atoms with Crippen molar-refractivity contribution < 1.29 is 0 Å². The van der Waals surface area contributed by atoms with Crippen LogP contribution >= 0.6 is 0 Å². The second kappa shape index (κ2) is 13.4. The van der Waals surface area contributed by atoms with E-state index in [9.17, 15) is 0 Å². The maximum Gasteiger partial charge on any atom is 0.0541 e. The highest BCUT2D eigenvalue weighted by atomic mass is 15.1. The zero-order valence-corrected chi connectivity index (χ0v) is 34.4. The van der Waals surface area contributed by atoms with Gasteiger partial charge in [0.2, 0.25) is 0 Å². The molecule has 4 aliphatic rings. The van der Waals surface area contributed by atoms with Crippen molar-refractivity contribution in [3.63, 3.8) is 0 Å². The summed E-state index contributed by atoms with van der Waals surface area (Å²) in [5, 5.41) is 2.56. The fourth-order valence-corrected chi connectivity index (χ4v) is 13.2. The first-order chi connectivity index (χ1) is 30.1. The number of hydrogen-bond donors (Lipinski definition) is 0. The van der Waals surface area contributed by atoms with E-state index < -0.39 is 0 Å². The van der Waals surface area contributed by atoms with Crippen molar-refractivity contribution in [2.75, 3.05) is 4.90 Å². The topological polar surface area (TPSA) is 8.17 Å². The van der Waals surface area contributed by atoms with E-state index in [4.69, 9.17) is 0 Å². The lowest BCUT2D eigenvalue weighted by Gasteiger charge is -2.49. The maximum absolute atomic E-state index is 2.50. The number of benzene rings is 8. The third-order valence-electron chi connectivity index (χ3n) is 15.8. The Morgan fingerprint density at radius 1 is 0.410 bits per heavy atom. The molecule has 4 aliphatic carbocycles. The Hall–Kier alpha value is -6.64. The van der Waals surface area contributed by atoms with Crippen LogP contribution in [0.5, 0.6) is 0 Å². The minimum absolute atomic E-state index is 0.395. The average Bonchev–Trinajstić information content (AvgIpc) is 3.84. The van der Waals surface area contributed by atoms with Gasteiger partial charge in [0.25, 0.3) is 0 Å². The van der Waals surface area contributed by atoms with Crippen molar-refractivity contribution in [1.29, 1.82) is 0 Å². The van der Waals surface area contributed by atoms with Crippen LogP contribution in [0.1, 0.15) is 44.1 Å². The van der Waals surface area contributed by atoms with Gasteiger partial charge in [-0.1, -0.05) is 140 Å². The van der Waals surface area contributed by atoms with Gasteiger partial charge in [-0.15, -0.1) is 0 Å². The standard InChI is InChI=1S/C59H48N2/c1-2-9-41(10-3-1)43-21-27-50(28-22-43)60(52-31-25-47(26-32-52)58-36-40-33-48-35-49(38-58)59(48,37-40)39-58)51-29-23-44(24-30-51)42-17-19-45(20-18-42)46-11-8-12-53(34-46)61-56-15-6-4-13-54(56)55-14-5-7-16-57(55)61/h1-32,34,40,48-49H,33,35-39H2/t40-,48?,49-,58?,59-/m0/s1. The number of aromatic nitrogens is 1. The molecule has 0 N–H and O–H groups in total. The summed E-state index contributed by atoms with van der Waals surface area (Å²) in [6.07, 6.45) is 8.79. The zero-order chi connectivity index (χ0) is 40.1. The lowest BCUT2D eigenvalue weighted by Crippen LogP contribution is -2.42. The smallest absolute Gasteiger partial charge is 0.0541 e. The third kappa shape index (κ3) is 5.47. The quantitative estimate of drug-likeness (QED) is 0.149. The summed E-state index contributed by atoms with van der Waals surface area (Å²) in [6.45, 7) is 0. The van der Waals surface area contributed by atoms with Gasteiger partial charge in [-0.2, -0.15) is 0 Å². The van der Waals surface area contributed by atoms with E-state index in [0.717, 1.165) is 23.4 Å². The molecule has 0 aliphatic heterocycles. The van der Waals surface area contributed by atoms with Crippen molar-refractivity contribution in [2.45, 2.75) is 43.9 Å². The molecule has 1 spiro atoms. The largest absolute Gasteiger partial charge is 0.311 e. The maximum atomic E-state index is 2.50. The van der Waals surface area contributed by atoms with E-state index in [2.05, 4.69) is 210 Å². The number of rotatable bonds is 8. The van der Waals surface area contributed by atoms with Crippen LogP contribution in [0, 0.1) is 23.2 Å². The monoisotopic (exact) mass is 784 g/mol. The first-order valence-electron chi connectivity index (χ1n) is 22.5. The number of fused-ring (bicyclic) bond motifs is 5. The van der Waals surface area contributed by atoms with Gasteiger partial charge >= 0.3 is 0 Å². The lowest BCUT2D eigenvalue weighted by molar-refractivity contribution is -0.000160. The van der Waals surface area contributed by atoms with Crippen LogP contribution in [0.3, 0.4) is 0 Å². The van der Waals surface area contributed by atoms with Crippen LogP contribution in [0.25, 0.3) is 60.9 Å². The van der Waals surface area contributed by atoms with Crippen LogP contribution in [-0.2, 0) is 5.41 Å². The fourth-order valence-electron chi connectivity index (χ4n) is 13.2. The Bertz CT molecular complexity index is 3030. The van der Waals surface area contributed by atoms with Gasteiger partial charge in [0.1, 0.15) is 0 Å². The molecule has 0 amide bonds. The Morgan fingerprint density at radius 3 is 1.54 bits per heavy atom. The van der Waals surface area contributed by atoms with Crippen molar-refractivity contribution >= 4 is 38.9 Å². The van der Waals surface area contributed by atoms with Gasteiger partial charge in [-0.3, -0.25) is 0 Å². The predicted molar refractivity (Wildman–Crippen MR) is 254 cm³/mol. The predicted octanol–water partition coefficient (Wildman–Crippen LogP) is 15.7. The minimum atomic E-state index is 0.395. The van der Waals surface area contributed by atoms with Crippen LogP contribution in [-0.4, -0.2) is 4.57 Å². The molecule has 9 aromatic rings. The molecule has 2 heteroatoms. The molecule has 5 atom stereocenters. The summed E-state index contributed by atoms with van der Waals surface area (Å²) in [5.74, 6) is 2.95. The highest BCUT2D eigenvalue weighted by molar-refractivity contribution is 6.09. The molecule has 2 nitrogen and oxygen atoms in total. The molecule has 2 unspecified atom stereocenters. The molecule has 4 fully saturated rings. The van der Waals surface area contributed by atoms with E-state index in [-0.39, 0.29) is 0 Å². The second-order valence-electron chi connectivity index (χ2n) is 18.9. The molecule has 3 bridgehead atoms. The van der Waals surface area contributed by atoms with Crippen molar-refractivity contribution in [2.24, 2.45) is 23.2 Å². The molecule has 8 aromatic carbocycles. The first kappa shape index (κ1) is 35.1. The van der Waals surface area contributed by atoms with Gasteiger partial charge in [0.05, 0.1) is 11.0 Å². The van der Waals surface area contributed by atoms with Gasteiger partial charge in [-0.05, 0) is 167 Å². The fraction of sp³-hybridized carbons (Fsp3) is 0.186. The Morgan fingerprint density at radius 2 is 0.918 bits per heavy atom. The Labute approximate surface area is 358 Å². The lowest BCUT2D eigenvalue weighted by atomic mass is 9.55. The second-order valence-corrected chi connectivity index (χ2v) is 18.9. The zero-order valence-electron chi connectivity index (χ0n) is 34.4. The number of nitrogens with zero attached hydrogens (tertiary/aromatic N) is 2. The summed E-state index contributed by atoms with van der Waals surface area (Å²) in [5.41, 5.74) is 17.2. The Kier molecular flexibility index (Phi) is 7.74. The van der Waals surface area contributed by atoms with Crippen molar-refractivity contribution in [1.82, 2.24) is 4.57 Å². The van der Waals surface area contributed by atoms with Gasteiger partial charge in [0.15, 0.2) is 0 Å². The minimum Gasteiger partial charge on any atom is -0.311 e. The van der Waals surface area contributed by atoms with Crippen LogP contribution in [0.15, 0.2) is 200 Å². The molecule has 0 radical (unpaired) electrons. The highest BCUT2D eigenvalue weighted by Gasteiger charge is 2.70. The van der Waals surface area contributed by atoms with E-state index in [0.29, 0.717) is 10.8 Å². The third-order valence-corrected chi connectivity index (χ3v) is 15.8. The molecule has 0 saturated heterocycles. The number of anilines is 3. The van der Waals surface area contributed by atoms with E-state index in [1.165, 1.54) is 111 Å². The summed E-state index contributed by atoms with van der Waals surface area (Å²) in [7, 11) is 0. The van der Waals surface area contributed by atoms with Crippen LogP contribution < -0.4 is 4.90 Å². The summed E-state index contributed by atoms with van der Waals surface area (Å²) < 4.78 is 2.39. The molecule has 61 heavy (non-hydrogen) atoms. The molecule has 13 rings (SSSR count).